The van der Waals surface area contributed by atoms with Crippen molar-refractivity contribution in [2.75, 3.05) is 13.1 Å². The number of hydrogen-bond donors (Lipinski definition) is 2. The fraction of sp³-hybridized carbons (Fsp3) is 1.00. The third kappa shape index (κ3) is 8.92. The first-order valence-electron chi connectivity index (χ1n) is 3.21. The molecule has 4 N–H and O–H groups in total. The Morgan fingerprint density at radius 3 is 2.22 bits per heavy atom. The summed E-state index contributed by atoms with van der Waals surface area (Å²) < 4.78 is 0. The maximum atomic E-state index is 5.37. The average molecular weight is 139 g/mol. The molecule has 0 aliphatic heterocycles. The fourth-order valence-corrected chi connectivity index (χ4v) is 0.584. The van der Waals surface area contributed by atoms with Gasteiger partial charge in [0.05, 0.1) is 0 Å². The van der Waals surface area contributed by atoms with E-state index in [1.807, 2.05) is 0 Å². The second kappa shape index (κ2) is 8.92. The van der Waals surface area contributed by atoms with Crippen molar-refractivity contribution < 1.29 is 0 Å². The average Bonchev–Trinajstić information content (AvgIpc) is 1.83. The molecule has 9 heavy (non-hydrogen) atoms. The minimum atomic E-state index is 0. The maximum absolute atomic E-state index is 5.37. The van der Waals surface area contributed by atoms with E-state index in [-0.39, 0.29) is 29.6 Å². The molecular weight excluding hydrogens is 123 g/mol. The maximum Gasteiger partial charge on any atom is 0 e. The molecule has 0 aromatic rings. The third-order valence-corrected chi connectivity index (χ3v) is 1.30. The van der Waals surface area contributed by atoms with Crippen molar-refractivity contribution >= 4 is 29.6 Å². The molecule has 0 aliphatic rings. The normalized spacial score (nSPS) is 12.3. The summed E-state index contributed by atoms with van der Waals surface area (Å²) in [6.45, 7) is 3.74. The van der Waals surface area contributed by atoms with Crippen molar-refractivity contribution in [3.8, 4) is 0 Å². The molecule has 0 aromatic carbocycles. The monoisotopic (exact) mass is 139 g/mol. The van der Waals surface area contributed by atoms with Crippen molar-refractivity contribution in [3.05, 3.63) is 0 Å². The molecule has 51 valence electrons. The molecule has 0 amide bonds. The zero-order valence-corrected chi connectivity index (χ0v) is 8.56. The second-order valence-corrected chi connectivity index (χ2v) is 2.27. The smallest absolute Gasteiger partial charge is 0 e. The Morgan fingerprint density at radius 2 is 1.89 bits per heavy atom. The second-order valence-electron chi connectivity index (χ2n) is 2.27. The Balaban J connectivity index is 0. The summed E-state index contributed by atoms with van der Waals surface area (Å²) in [5.41, 5.74) is 10.7. The van der Waals surface area contributed by atoms with Gasteiger partial charge in [-0.25, -0.2) is 0 Å². The largest absolute Gasteiger partial charge is 0.330 e. The summed E-state index contributed by atoms with van der Waals surface area (Å²) in [7, 11) is 0. The summed E-state index contributed by atoms with van der Waals surface area (Å²) >= 11 is 0. The van der Waals surface area contributed by atoms with Crippen LogP contribution in [0.2, 0.25) is 0 Å². The van der Waals surface area contributed by atoms with Crippen molar-refractivity contribution in [1.29, 1.82) is 0 Å². The SMILES string of the molecule is CC(CN)CCCN.[Na]. The number of nitrogens with two attached hydrogens (primary N) is 2. The van der Waals surface area contributed by atoms with Crippen LogP contribution in [-0.4, -0.2) is 42.6 Å². The van der Waals surface area contributed by atoms with Crippen LogP contribution in [0.1, 0.15) is 19.8 Å². The molecule has 3 heteroatoms. The van der Waals surface area contributed by atoms with E-state index in [1.165, 1.54) is 6.42 Å². The zero-order chi connectivity index (χ0) is 6.41. The van der Waals surface area contributed by atoms with E-state index < -0.39 is 0 Å². The van der Waals surface area contributed by atoms with Gasteiger partial charge < -0.3 is 11.5 Å². The van der Waals surface area contributed by atoms with Gasteiger partial charge in [0.2, 0.25) is 0 Å². The molecule has 1 unspecified atom stereocenters. The molecule has 1 radical (unpaired) electrons. The summed E-state index contributed by atoms with van der Waals surface area (Å²) in [6.07, 6.45) is 2.28. The van der Waals surface area contributed by atoms with Crippen LogP contribution < -0.4 is 11.5 Å². The Labute approximate surface area is 79.7 Å². The van der Waals surface area contributed by atoms with Crippen molar-refractivity contribution in [1.82, 2.24) is 0 Å². The Hall–Kier alpha value is 0.920. The van der Waals surface area contributed by atoms with E-state index >= 15 is 0 Å². The Bertz CT molecular complexity index is 50.3. The van der Waals surface area contributed by atoms with E-state index in [1.54, 1.807) is 0 Å². The first-order chi connectivity index (χ1) is 3.81. The van der Waals surface area contributed by atoms with Crippen LogP contribution in [-0.2, 0) is 0 Å². The van der Waals surface area contributed by atoms with Crippen LogP contribution >= 0.6 is 0 Å². The summed E-state index contributed by atoms with van der Waals surface area (Å²) in [5.74, 6) is 0.651. The van der Waals surface area contributed by atoms with Gasteiger partial charge in [-0.15, -0.1) is 0 Å². The topological polar surface area (TPSA) is 52.0 Å². The van der Waals surface area contributed by atoms with Gasteiger partial charge in [-0.2, -0.15) is 0 Å². The van der Waals surface area contributed by atoms with Crippen LogP contribution in [0.4, 0.5) is 0 Å². The molecule has 0 saturated carbocycles. The predicted molar refractivity (Wildman–Crippen MR) is 42.3 cm³/mol. The van der Waals surface area contributed by atoms with E-state index in [0.29, 0.717) is 5.92 Å². The van der Waals surface area contributed by atoms with Crippen LogP contribution in [0.25, 0.3) is 0 Å². The fourth-order valence-electron chi connectivity index (χ4n) is 0.584. The van der Waals surface area contributed by atoms with Crippen molar-refractivity contribution in [3.63, 3.8) is 0 Å². The predicted octanol–water partition coefficient (Wildman–Crippen LogP) is -0.0607. The molecule has 0 aromatic heterocycles. The van der Waals surface area contributed by atoms with Crippen LogP contribution in [0, 0.1) is 5.92 Å². The van der Waals surface area contributed by atoms with Gasteiger partial charge in [-0.3, -0.25) is 0 Å². The van der Waals surface area contributed by atoms with Crippen LogP contribution in [0.3, 0.4) is 0 Å². The molecule has 0 heterocycles. The summed E-state index contributed by atoms with van der Waals surface area (Å²) in [4.78, 5) is 0. The van der Waals surface area contributed by atoms with Crippen LogP contribution in [0.15, 0.2) is 0 Å². The summed E-state index contributed by atoms with van der Waals surface area (Å²) in [6, 6.07) is 0. The molecule has 1 atom stereocenters. The first-order valence-corrected chi connectivity index (χ1v) is 3.21. The van der Waals surface area contributed by atoms with E-state index in [4.69, 9.17) is 11.5 Å². The van der Waals surface area contributed by atoms with Gasteiger partial charge in [0.25, 0.3) is 0 Å². The van der Waals surface area contributed by atoms with Gasteiger partial charge in [-0.05, 0) is 31.8 Å². The molecule has 0 rings (SSSR count). The minimum absolute atomic E-state index is 0. The Kier molecular flexibility index (Phi) is 12.5. The molecule has 0 saturated heterocycles. The van der Waals surface area contributed by atoms with Crippen molar-refractivity contribution in [2.24, 2.45) is 17.4 Å². The van der Waals surface area contributed by atoms with Gasteiger partial charge in [0, 0.05) is 29.6 Å². The van der Waals surface area contributed by atoms with Gasteiger partial charge in [-0.1, -0.05) is 6.92 Å². The molecule has 0 bridgehead atoms. The van der Waals surface area contributed by atoms with Crippen molar-refractivity contribution in [2.45, 2.75) is 19.8 Å². The molecular formula is C6H16N2Na. The third-order valence-electron chi connectivity index (χ3n) is 1.30. The van der Waals surface area contributed by atoms with E-state index in [0.717, 1.165) is 19.5 Å². The van der Waals surface area contributed by atoms with Gasteiger partial charge in [0.15, 0.2) is 0 Å². The van der Waals surface area contributed by atoms with Gasteiger partial charge in [0.1, 0.15) is 0 Å². The first kappa shape index (κ1) is 12.6. The van der Waals surface area contributed by atoms with Crippen LogP contribution in [0.5, 0.6) is 0 Å². The van der Waals surface area contributed by atoms with E-state index in [9.17, 15) is 0 Å². The number of hydrogen-bond acceptors (Lipinski definition) is 2. The standard InChI is InChI=1S/C6H16N2.Na/c1-6(5-8)3-2-4-7;/h6H,2-5,7-8H2,1H3;. The van der Waals surface area contributed by atoms with E-state index in [2.05, 4.69) is 6.92 Å². The summed E-state index contributed by atoms with van der Waals surface area (Å²) in [5, 5.41) is 0. The molecule has 0 spiro atoms. The minimum Gasteiger partial charge on any atom is -0.330 e. The quantitative estimate of drug-likeness (QED) is 0.536. The number of rotatable bonds is 4. The Morgan fingerprint density at radius 1 is 1.33 bits per heavy atom. The van der Waals surface area contributed by atoms with Gasteiger partial charge >= 0.3 is 0 Å². The molecule has 2 nitrogen and oxygen atoms in total. The molecule has 0 aliphatic carbocycles. The zero-order valence-electron chi connectivity index (χ0n) is 6.56. The molecule has 0 fully saturated rings.